The number of carbonyl (C=O) groups is 1. The minimum absolute atomic E-state index is 0.0314. The maximum atomic E-state index is 12.5. The fourth-order valence-corrected chi connectivity index (χ4v) is 4.28. The highest BCUT2D eigenvalue weighted by Crippen LogP contribution is 2.37. The summed E-state index contributed by atoms with van der Waals surface area (Å²) >= 11 is -2.41. The number of methoxy groups -OCH3 is 1. The van der Waals surface area contributed by atoms with Crippen LogP contribution in [0.1, 0.15) is 36.0 Å². The van der Waals surface area contributed by atoms with Crippen molar-refractivity contribution in [2.45, 2.75) is 31.1 Å². The lowest BCUT2D eigenvalue weighted by molar-refractivity contribution is -0.143. The molecule has 0 aliphatic heterocycles. The van der Waals surface area contributed by atoms with Gasteiger partial charge in [0.15, 0.2) is 6.73 Å². The molecule has 0 fully saturated rings. The molecule has 3 rings (SSSR count). The summed E-state index contributed by atoms with van der Waals surface area (Å²) in [6.45, 7) is 3.99. The van der Waals surface area contributed by atoms with Crippen LogP contribution in [0.5, 0.6) is 11.5 Å². The van der Waals surface area contributed by atoms with Crippen molar-refractivity contribution in [3.63, 3.8) is 0 Å². The number of nitrogens with one attached hydrogen (secondary N) is 1. The van der Waals surface area contributed by atoms with E-state index in [1.165, 1.54) is 13.2 Å². The molecule has 9 nitrogen and oxygen atoms in total. The molecule has 0 radical (unpaired) electrons. The van der Waals surface area contributed by atoms with E-state index in [0.717, 1.165) is 22.4 Å². The number of esters is 1. The zero-order valence-corrected chi connectivity index (χ0v) is 21.2. The van der Waals surface area contributed by atoms with Crippen LogP contribution in [0.3, 0.4) is 0 Å². The number of rotatable bonds is 11. The van der Waals surface area contributed by atoms with Gasteiger partial charge in [0.05, 0.1) is 36.4 Å². The first kappa shape index (κ1) is 26.8. The summed E-state index contributed by atoms with van der Waals surface area (Å²) in [6.07, 6.45) is 0.0854. The van der Waals surface area contributed by atoms with Crippen LogP contribution in [0.25, 0.3) is 0 Å². The van der Waals surface area contributed by atoms with E-state index in [2.05, 4.69) is 5.32 Å². The zero-order chi connectivity index (χ0) is 26.2. The lowest BCUT2D eigenvalue weighted by atomic mass is 9.87. The number of nitrogens with two attached hydrogens (primary N) is 2. The molecule has 192 valence electrons. The van der Waals surface area contributed by atoms with Crippen LogP contribution in [-0.2, 0) is 20.6 Å². The largest absolute Gasteiger partial charge is 0.768 e. The van der Waals surface area contributed by atoms with Crippen molar-refractivity contribution in [2.75, 3.05) is 37.2 Å². The van der Waals surface area contributed by atoms with Crippen molar-refractivity contribution in [3.8, 4) is 11.5 Å². The van der Waals surface area contributed by atoms with Gasteiger partial charge in [-0.15, -0.1) is 0 Å². The highest BCUT2D eigenvalue weighted by Gasteiger charge is 2.22. The van der Waals surface area contributed by atoms with Gasteiger partial charge in [-0.2, -0.15) is 0 Å². The number of para-hydroxylation sites is 1. The molecule has 0 saturated carbocycles. The lowest BCUT2D eigenvalue weighted by Crippen LogP contribution is -2.14. The molecule has 1 unspecified atom stereocenters. The highest BCUT2D eigenvalue weighted by atomic mass is 32.2. The summed E-state index contributed by atoms with van der Waals surface area (Å²) in [7, 11) is 1.50. The Hall–Kier alpha value is -3.76. The second kappa shape index (κ2) is 12.3. The van der Waals surface area contributed by atoms with Crippen molar-refractivity contribution in [1.82, 2.24) is 0 Å². The van der Waals surface area contributed by atoms with Gasteiger partial charge in [0.1, 0.15) is 11.5 Å². The Balaban J connectivity index is 1.90. The molecule has 3 aromatic rings. The van der Waals surface area contributed by atoms with Gasteiger partial charge in [0.25, 0.3) is 0 Å². The Morgan fingerprint density at radius 3 is 2.53 bits per heavy atom. The van der Waals surface area contributed by atoms with Crippen molar-refractivity contribution < 1.29 is 27.8 Å². The van der Waals surface area contributed by atoms with Crippen LogP contribution >= 0.6 is 0 Å². The third-order valence-corrected chi connectivity index (χ3v) is 6.37. The molecule has 0 heterocycles. The van der Waals surface area contributed by atoms with E-state index in [1.54, 1.807) is 37.3 Å². The molecule has 36 heavy (non-hydrogen) atoms. The molecule has 0 bridgehead atoms. The predicted molar refractivity (Wildman–Crippen MR) is 139 cm³/mol. The van der Waals surface area contributed by atoms with E-state index in [9.17, 15) is 13.6 Å². The SMILES string of the molecule is CCOC(=O)C[C@@H](c1ccc(C)c(NCOc2ccccc2S(=O)[O-])c1)c1cc(N)c(N)c(OC)c1. The van der Waals surface area contributed by atoms with Gasteiger partial charge in [-0.3, -0.25) is 9.00 Å². The summed E-state index contributed by atoms with van der Waals surface area (Å²) in [6, 6.07) is 15.7. The second-order valence-corrected chi connectivity index (χ2v) is 8.92. The topological polar surface area (TPSA) is 149 Å². The molecule has 2 atom stereocenters. The summed E-state index contributed by atoms with van der Waals surface area (Å²) in [4.78, 5) is 12.6. The average molecular weight is 513 g/mol. The third-order valence-electron chi connectivity index (χ3n) is 5.68. The first-order valence-electron chi connectivity index (χ1n) is 11.3. The van der Waals surface area contributed by atoms with Crippen LogP contribution < -0.4 is 26.3 Å². The van der Waals surface area contributed by atoms with Crippen LogP contribution in [0.2, 0.25) is 0 Å². The molecule has 0 aliphatic rings. The Labute approximate surface area is 213 Å². The van der Waals surface area contributed by atoms with Crippen molar-refractivity contribution in [1.29, 1.82) is 0 Å². The van der Waals surface area contributed by atoms with E-state index >= 15 is 0 Å². The van der Waals surface area contributed by atoms with Crippen LogP contribution in [0.4, 0.5) is 17.1 Å². The van der Waals surface area contributed by atoms with Gasteiger partial charge in [0.2, 0.25) is 0 Å². The number of anilines is 3. The standard InChI is InChI=1S/C26H31N3O6S/c1-4-34-25(30)14-19(18-11-20(27)26(28)23(13-18)33-3)17-10-9-16(2)21(12-17)29-15-35-22-7-5-6-8-24(22)36(31)32/h5-13,19,29H,4,14-15,27-28H2,1-3H3,(H,31,32)/p-1/t19-/m0/s1. The number of aryl methyl sites for hydroxylation is 1. The van der Waals surface area contributed by atoms with E-state index in [0.29, 0.717) is 17.1 Å². The molecule has 5 N–H and O–H groups in total. The molecular weight excluding hydrogens is 482 g/mol. The number of ether oxygens (including phenoxy) is 3. The molecular formula is C26H30N3O6S-. The summed E-state index contributed by atoms with van der Waals surface area (Å²) in [5, 5.41) is 3.19. The maximum Gasteiger partial charge on any atom is 0.306 e. The van der Waals surface area contributed by atoms with E-state index in [-0.39, 0.29) is 42.3 Å². The minimum Gasteiger partial charge on any atom is -0.768 e. The highest BCUT2D eigenvalue weighted by molar-refractivity contribution is 7.79. The third kappa shape index (κ3) is 6.46. The fourth-order valence-electron chi connectivity index (χ4n) is 3.80. The molecule has 0 aromatic heterocycles. The molecule has 0 saturated heterocycles. The number of hydrogen-bond acceptors (Lipinski definition) is 9. The maximum absolute atomic E-state index is 12.5. The van der Waals surface area contributed by atoms with Crippen LogP contribution in [-0.4, -0.2) is 35.2 Å². The Morgan fingerprint density at radius 1 is 1.08 bits per heavy atom. The van der Waals surface area contributed by atoms with Crippen LogP contribution in [0.15, 0.2) is 59.5 Å². The molecule has 10 heteroatoms. The van der Waals surface area contributed by atoms with Gasteiger partial charge in [-0.25, -0.2) is 0 Å². The fraction of sp³-hybridized carbons (Fsp3) is 0.269. The number of carbonyl (C=O) groups excluding carboxylic acids is 1. The molecule has 0 aliphatic carbocycles. The average Bonchev–Trinajstić information content (AvgIpc) is 2.86. The smallest absolute Gasteiger partial charge is 0.306 e. The second-order valence-electron chi connectivity index (χ2n) is 8.01. The monoisotopic (exact) mass is 512 g/mol. The van der Waals surface area contributed by atoms with Gasteiger partial charge >= 0.3 is 5.97 Å². The van der Waals surface area contributed by atoms with Crippen molar-refractivity contribution in [3.05, 3.63) is 71.3 Å². The van der Waals surface area contributed by atoms with Gasteiger partial charge in [-0.05, 0) is 72.0 Å². The van der Waals surface area contributed by atoms with Gasteiger partial charge in [0, 0.05) is 11.6 Å². The normalized spacial score (nSPS) is 12.4. The first-order chi connectivity index (χ1) is 17.2. The lowest BCUT2D eigenvalue weighted by Gasteiger charge is -2.21. The molecule has 0 spiro atoms. The van der Waals surface area contributed by atoms with E-state index < -0.39 is 11.1 Å². The Kier molecular flexibility index (Phi) is 9.15. The molecule has 0 amide bonds. The Bertz CT molecular complexity index is 1250. The minimum atomic E-state index is -2.41. The number of benzene rings is 3. The van der Waals surface area contributed by atoms with Crippen LogP contribution in [0, 0.1) is 6.92 Å². The summed E-state index contributed by atoms with van der Waals surface area (Å²) < 4.78 is 39.1. The Morgan fingerprint density at radius 2 is 1.83 bits per heavy atom. The molecule has 3 aromatic carbocycles. The number of hydrogen-bond donors (Lipinski definition) is 3. The van der Waals surface area contributed by atoms with Crippen molar-refractivity contribution in [2.24, 2.45) is 0 Å². The quantitative estimate of drug-likeness (QED) is 0.150. The summed E-state index contributed by atoms with van der Waals surface area (Å²) in [5.74, 6) is -0.0621. The van der Waals surface area contributed by atoms with E-state index in [4.69, 9.17) is 25.7 Å². The van der Waals surface area contributed by atoms with E-state index in [1.807, 2.05) is 25.1 Å². The predicted octanol–water partition coefficient (Wildman–Crippen LogP) is 3.94. The van der Waals surface area contributed by atoms with Gasteiger partial charge < -0.3 is 35.5 Å². The van der Waals surface area contributed by atoms with Gasteiger partial charge in [-0.1, -0.05) is 24.3 Å². The number of nitrogen functional groups attached to an aromatic ring is 2. The first-order valence-corrected chi connectivity index (χ1v) is 12.4. The summed E-state index contributed by atoms with van der Waals surface area (Å²) in [5.41, 5.74) is 16.1. The zero-order valence-electron chi connectivity index (χ0n) is 20.4. The van der Waals surface area contributed by atoms with Crippen molar-refractivity contribution >= 4 is 34.1 Å².